The summed E-state index contributed by atoms with van der Waals surface area (Å²) < 4.78 is 11.0. The molecule has 1 aromatic heterocycles. The number of anilines is 1. The average Bonchev–Trinajstić information content (AvgIpc) is 3.11. The van der Waals surface area contributed by atoms with Gasteiger partial charge in [0.05, 0.1) is 7.11 Å². The number of ether oxygens (including phenoxy) is 1. The number of oxazole rings is 1. The summed E-state index contributed by atoms with van der Waals surface area (Å²) in [5.74, 6) is 1.09. The smallest absolute Gasteiger partial charge is 0.255 e. The topological polar surface area (TPSA) is 64.4 Å². The Kier molecular flexibility index (Phi) is 4.57. The molecule has 0 aliphatic rings. The zero-order valence-electron chi connectivity index (χ0n) is 15.9. The van der Waals surface area contributed by atoms with Crippen LogP contribution < -0.4 is 10.1 Å². The molecule has 1 amide bonds. The molecule has 0 aliphatic carbocycles. The summed E-state index contributed by atoms with van der Waals surface area (Å²) in [6.45, 7) is 4.10. The van der Waals surface area contributed by atoms with E-state index in [-0.39, 0.29) is 5.91 Å². The van der Waals surface area contributed by atoms with Crippen LogP contribution in [0.1, 0.15) is 21.5 Å². The van der Waals surface area contributed by atoms with E-state index in [0.717, 1.165) is 11.1 Å². The van der Waals surface area contributed by atoms with Gasteiger partial charge in [0.25, 0.3) is 5.91 Å². The van der Waals surface area contributed by atoms with Gasteiger partial charge in [0.15, 0.2) is 5.58 Å². The van der Waals surface area contributed by atoms with Crippen molar-refractivity contribution in [2.45, 2.75) is 13.8 Å². The van der Waals surface area contributed by atoms with Gasteiger partial charge in [0.2, 0.25) is 5.89 Å². The van der Waals surface area contributed by atoms with Crippen LogP contribution in [0.4, 0.5) is 5.69 Å². The molecule has 0 aliphatic heterocycles. The lowest BCUT2D eigenvalue weighted by molar-refractivity contribution is 0.102. The minimum absolute atomic E-state index is 0.194. The lowest BCUT2D eigenvalue weighted by Crippen LogP contribution is -2.11. The molecule has 140 valence electrons. The van der Waals surface area contributed by atoms with Crippen LogP contribution in [0.3, 0.4) is 0 Å². The third kappa shape index (κ3) is 3.47. The molecular formula is C23H20N2O3. The summed E-state index contributed by atoms with van der Waals surface area (Å²) in [6, 6.07) is 18.6. The molecule has 0 saturated heterocycles. The van der Waals surface area contributed by atoms with Gasteiger partial charge in [0, 0.05) is 16.8 Å². The Bertz CT molecular complexity index is 1160. The van der Waals surface area contributed by atoms with E-state index in [1.54, 1.807) is 37.4 Å². The number of hydrogen-bond donors (Lipinski definition) is 1. The van der Waals surface area contributed by atoms with Crippen molar-refractivity contribution in [3.05, 3.63) is 77.4 Å². The number of aryl methyl sites for hydroxylation is 2. The third-order valence-corrected chi connectivity index (χ3v) is 4.61. The Labute approximate surface area is 163 Å². The van der Waals surface area contributed by atoms with Crippen molar-refractivity contribution in [1.82, 2.24) is 4.98 Å². The zero-order valence-corrected chi connectivity index (χ0v) is 15.9. The second-order valence-corrected chi connectivity index (χ2v) is 6.70. The highest BCUT2D eigenvalue weighted by Crippen LogP contribution is 2.29. The summed E-state index contributed by atoms with van der Waals surface area (Å²) in [5.41, 5.74) is 5.86. The summed E-state index contributed by atoms with van der Waals surface area (Å²) in [6.07, 6.45) is 0. The average molecular weight is 372 g/mol. The maximum absolute atomic E-state index is 12.5. The molecule has 0 spiro atoms. The molecule has 4 rings (SSSR count). The highest BCUT2D eigenvalue weighted by Gasteiger charge is 2.12. The number of hydrogen-bond acceptors (Lipinski definition) is 4. The number of benzene rings is 3. The van der Waals surface area contributed by atoms with Gasteiger partial charge in [-0.3, -0.25) is 4.79 Å². The van der Waals surface area contributed by atoms with Crippen molar-refractivity contribution in [2.24, 2.45) is 0 Å². The van der Waals surface area contributed by atoms with Crippen molar-refractivity contribution in [2.75, 3.05) is 12.4 Å². The largest absolute Gasteiger partial charge is 0.497 e. The van der Waals surface area contributed by atoms with Crippen LogP contribution in [0.2, 0.25) is 0 Å². The summed E-state index contributed by atoms with van der Waals surface area (Å²) >= 11 is 0. The number of rotatable bonds is 4. The van der Waals surface area contributed by atoms with Gasteiger partial charge in [-0.2, -0.15) is 0 Å². The number of aromatic nitrogens is 1. The predicted molar refractivity (Wildman–Crippen MR) is 110 cm³/mol. The Morgan fingerprint density at radius 2 is 1.79 bits per heavy atom. The van der Waals surface area contributed by atoms with Gasteiger partial charge in [0.1, 0.15) is 11.3 Å². The van der Waals surface area contributed by atoms with Crippen LogP contribution in [0, 0.1) is 13.8 Å². The molecule has 1 heterocycles. The molecule has 28 heavy (non-hydrogen) atoms. The molecule has 5 nitrogen and oxygen atoms in total. The quantitative estimate of drug-likeness (QED) is 0.523. The number of nitrogens with one attached hydrogen (secondary N) is 1. The van der Waals surface area contributed by atoms with E-state index in [1.807, 2.05) is 31.2 Å². The Hall–Kier alpha value is -3.60. The fourth-order valence-electron chi connectivity index (χ4n) is 3.12. The van der Waals surface area contributed by atoms with Crippen LogP contribution in [0.5, 0.6) is 5.75 Å². The first-order valence-corrected chi connectivity index (χ1v) is 8.97. The highest BCUT2D eigenvalue weighted by molar-refractivity contribution is 6.05. The third-order valence-electron chi connectivity index (χ3n) is 4.61. The fraction of sp³-hybridized carbons (Fsp3) is 0.130. The van der Waals surface area contributed by atoms with Crippen LogP contribution in [0.15, 0.2) is 65.1 Å². The van der Waals surface area contributed by atoms with Crippen molar-refractivity contribution >= 4 is 22.7 Å². The van der Waals surface area contributed by atoms with Gasteiger partial charge < -0.3 is 14.5 Å². The van der Waals surface area contributed by atoms with E-state index >= 15 is 0 Å². The van der Waals surface area contributed by atoms with E-state index in [1.165, 1.54) is 5.56 Å². The van der Waals surface area contributed by atoms with Crippen molar-refractivity contribution in [3.8, 4) is 17.2 Å². The molecule has 5 heteroatoms. The van der Waals surface area contributed by atoms with Gasteiger partial charge >= 0.3 is 0 Å². The lowest BCUT2D eigenvalue weighted by atomic mass is 10.1. The minimum atomic E-state index is -0.194. The van der Waals surface area contributed by atoms with E-state index in [9.17, 15) is 4.79 Å². The molecule has 0 bridgehead atoms. The van der Waals surface area contributed by atoms with Crippen molar-refractivity contribution in [1.29, 1.82) is 0 Å². The second-order valence-electron chi connectivity index (χ2n) is 6.70. The number of fused-ring (bicyclic) bond motifs is 1. The predicted octanol–water partition coefficient (Wildman–Crippen LogP) is 5.37. The highest BCUT2D eigenvalue weighted by atomic mass is 16.5. The lowest BCUT2D eigenvalue weighted by Gasteiger charge is -2.06. The summed E-state index contributed by atoms with van der Waals surface area (Å²) in [4.78, 5) is 17.1. The van der Waals surface area contributed by atoms with Gasteiger partial charge in [-0.05, 0) is 67.9 Å². The van der Waals surface area contributed by atoms with E-state index in [0.29, 0.717) is 34.0 Å². The van der Waals surface area contributed by atoms with E-state index < -0.39 is 0 Å². The van der Waals surface area contributed by atoms with Crippen LogP contribution in [0.25, 0.3) is 22.6 Å². The maximum Gasteiger partial charge on any atom is 0.255 e. The standard InChI is InChI=1S/C23H20N2O3/c1-14-4-10-19(15(2)12-14)23-25-20-13-17(7-11-21(20)28-23)24-22(26)16-5-8-18(27-3)9-6-16/h4-13H,1-3H3,(H,24,26). The second kappa shape index (κ2) is 7.19. The summed E-state index contributed by atoms with van der Waals surface area (Å²) in [7, 11) is 1.59. The Balaban J connectivity index is 1.60. The van der Waals surface area contributed by atoms with E-state index in [2.05, 4.69) is 23.3 Å². The molecule has 0 fully saturated rings. The molecule has 0 atom stereocenters. The summed E-state index contributed by atoms with van der Waals surface area (Å²) in [5, 5.41) is 2.89. The van der Waals surface area contributed by atoms with Gasteiger partial charge in [-0.1, -0.05) is 17.7 Å². The molecule has 0 saturated carbocycles. The van der Waals surface area contributed by atoms with Gasteiger partial charge in [-0.15, -0.1) is 0 Å². The van der Waals surface area contributed by atoms with Crippen molar-refractivity contribution < 1.29 is 13.9 Å². The monoisotopic (exact) mass is 372 g/mol. The Morgan fingerprint density at radius 1 is 1.00 bits per heavy atom. The molecule has 0 radical (unpaired) electrons. The number of methoxy groups -OCH3 is 1. The van der Waals surface area contributed by atoms with Crippen molar-refractivity contribution in [3.63, 3.8) is 0 Å². The number of carbonyl (C=O) groups excluding carboxylic acids is 1. The number of amides is 1. The first-order valence-electron chi connectivity index (χ1n) is 8.97. The normalized spacial score (nSPS) is 10.8. The number of nitrogens with zero attached hydrogens (tertiary/aromatic N) is 1. The van der Waals surface area contributed by atoms with Crippen LogP contribution in [-0.2, 0) is 0 Å². The maximum atomic E-state index is 12.5. The minimum Gasteiger partial charge on any atom is -0.497 e. The molecule has 1 N–H and O–H groups in total. The fourth-order valence-corrected chi connectivity index (χ4v) is 3.12. The zero-order chi connectivity index (χ0) is 19.7. The first-order chi connectivity index (χ1) is 13.5. The molecule has 4 aromatic rings. The Morgan fingerprint density at radius 3 is 2.50 bits per heavy atom. The number of carbonyl (C=O) groups is 1. The van der Waals surface area contributed by atoms with Gasteiger partial charge in [-0.25, -0.2) is 4.98 Å². The molecule has 0 unspecified atom stereocenters. The van der Waals surface area contributed by atoms with Crippen LogP contribution >= 0.6 is 0 Å². The van der Waals surface area contributed by atoms with Crippen LogP contribution in [-0.4, -0.2) is 18.0 Å². The molecular weight excluding hydrogens is 352 g/mol. The first kappa shape index (κ1) is 17.8. The molecule has 3 aromatic carbocycles. The SMILES string of the molecule is COc1ccc(C(=O)Nc2ccc3oc(-c4ccc(C)cc4C)nc3c2)cc1. The van der Waals surface area contributed by atoms with E-state index in [4.69, 9.17) is 9.15 Å².